The highest BCUT2D eigenvalue weighted by Gasteiger charge is 2.43. The molecular formula is C10H14N2O. The second-order valence-corrected chi connectivity index (χ2v) is 4.09. The third-order valence-electron chi connectivity index (χ3n) is 2.78. The Kier molecular flexibility index (Phi) is 1.75. The van der Waals surface area contributed by atoms with E-state index in [1.54, 1.807) is 0 Å². The lowest BCUT2D eigenvalue weighted by atomic mass is 10.0. The van der Waals surface area contributed by atoms with Gasteiger partial charge in [-0.25, -0.2) is 0 Å². The average Bonchev–Trinajstić information content (AvgIpc) is 2.77. The zero-order chi connectivity index (χ0) is 9.47. The Balaban J connectivity index is 2.18. The molecule has 70 valence electrons. The molecule has 1 fully saturated rings. The molecule has 2 rings (SSSR count). The molecule has 3 nitrogen and oxygen atoms in total. The smallest absolute Gasteiger partial charge is 0.126 e. The predicted octanol–water partition coefficient (Wildman–Crippen LogP) is 1.25. The number of nitrogens with zero attached hydrogens (tertiary/aromatic N) is 2. The van der Waals surface area contributed by atoms with E-state index in [1.165, 1.54) is 5.56 Å². The van der Waals surface area contributed by atoms with E-state index in [0.717, 1.165) is 31.2 Å². The topological polar surface area (TPSA) is 34.9 Å². The third kappa shape index (κ3) is 1.50. The Hall–Kier alpha value is -1.12. The van der Waals surface area contributed by atoms with Gasteiger partial charge in [0.15, 0.2) is 0 Å². The number of hydrogen-bond acceptors (Lipinski definition) is 2. The minimum absolute atomic E-state index is 0.0564. The van der Waals surface area contributed by atoms with E-state index in [0.29, 0.717) is 0 Å². The first-order chi connectivity index (χ1) is 6.15. The Labute approximate surface area is 77.7 Å². The summed E-state index contributed by atoms with van der Waals surface area (Å²) in [5.41, 5.74) is 2.21. The summed E-state index contributed by atoms with van der Waals surface area (Å²) in [4.78, 5) is 10.8. The molecule has 0 N–H and O–H groups in total. The minimum Gasteiger partial charge on any atom is -0.303 e. The molecule has 1 aliphatic rings. The molecule has 0 aromatic carbocycles. The van der Waals surface area contributed by atoms with Gasteiger partial charge in [-0.2, -0.15) is 5.10 Å². The Bertz CT molecular complexity index is 337. The standard InChI is InChI=1S/C10H14N2O/c1-8-6-12(2)11-9(8)5-10(7-13)3-4-10/h6-7H,3-5H2,1-2H3. The molecule has 1 aliphatic carbocycles. The number of carbonyl (C=O) groups excluding carboxylic acids is 1. The molecule has 0 amide bonds. The van der Waals surface area contributed by atoms with Gasteiger partial charge >= 0.3 is 0 Å². The third-order valence-corrected chi connectivity index (χ3v) is 2.78. The van der Waals surface area contributed by atoms with Gasteiger partial charge in [-0.3, -0.25) is 4.68 Å². The van der Waals surface area contributed by atoms with Crippen LogP contribution in [-0.4, -0.2) is 16.1 Å². The van der Waals surface area contributed by atoms with Crippen molar-refractivity contribution in [2.24, 2.45) is 12.5 Å². The van der Waals surface area contributed by atoms with E-state index >= 15 is 0 Å². The number of rotatable bonds is 3. The summed E-state index contributed by atoms with van der Waals surface area (Å²) in [6.45, 7) is 2.04. The predicted molar refractivity (Wildman–Crippen MR) is 49.4 cm³/mol. The summed E-state index contributed by atoms with van der Waals surface area (Å²) in [6.07, 6.45) is 5.99. The van der Waals surface area contributed by atoms with Crippen molar-refractivity contribution in [1.82, 2.24) is 9.78 Å². The molecule has 0 saturated heterocycles. The van der Waals surface area contributed by atoms with Crippen LogP contribution in [0.15, 0.2) is 6.20 Å². The van der Waals surface area contributed by atoms with Gasteiger partial charge in [0.25, 0.3) is 0 Å². The molecule has 13 heavy (non-hydrogen) atoms. The molecule has 0 unspecified atom stereocenters. The fourth-order valence-corrected chi connectivity index (χ4v) is 1.66. The molecule has 0 radical (unpaired) electrons. The molecule has 1 aromatic heterocycles. The maximum absolute atomic E-state index is 10.8. The van der Waals surface area contributed by atoms with E-state index in [4.69, 9.17) is 0 Å². The molecular weight excluding hydrogens is 164 g/mol. The number of aromatic nitrogens is 2. The maximum Gasteiger partial charge on any atom is 0.126 e. The van der Waals surface area contributed by atoms with E-state index < -0.39 is 0 Å². The Morgan fingerprint density at radius 3 is 2.77 bits per heavy atom. The lowest BCUT2D eigenvalue weighted by molar-refractivity contribution is -0.112. The van der Waals surface area contributed by atoms with E-state index in [2.05, 4.69) is 5.10 Å². The van der Waals surface area contributed by atoms with Crippen molar-refractivity contribution in [2.45, 2.75) is 26.2 Å². The molecule has 1 saturated carbocycles. The lowest BCUT2D eigenvalue weighted by Crippen LogP contribution is -2.07. The Morgan fingerprint density at radius 2 is 2.38 bits per heavy atom. The van der Waals surface area contributed by atoms with Crippen LogP contribution in [0.2, 0.25) is 0 Å². The van der Waals surface area contributed by atoms with E-state index in [1.807, 2.05) is 24.9 Å². The highest BCUT2D eigenvalue weighted by Crippen LogP contribution is 2.46. The van der Waals surface area contributed by atoms with Crippen LogP contribution in [0.1, 0.15) is 24.1 Å². The molecule has 3 heteroatoms. The molecule has 0 aliphatic heterocycles. The summed E-state index contributed by atoms with van der Waals surface area (Å²) in [5.74, 6) is 0. The molecule has 0 bridgehead atoms. The first kappa shape index (κ1) is 8.48. The largest absolute Gasteiger partial charge is 0.303 e. The van der Waals surface area contributed by atoms with Gasteiger partial charge in [-0.1, -0.05) is 0 Å². The molecule has 0 spiro atoms. The van der Waals surface area contributed by atoms with Crippen molar-refractivity contribution in [2.75, 3.05) is 0 Å². The fraction of sp³-hybridized carbons (Fsp3) is 0.600. The normalized spacial score (nSPS) is 18.6. The molecule has 0 atom stereocenters. The first-order valence-electron chi connectivity index (χ1n) is 4.61. The van der Waals surface area contributed by atoms with E-state index in [9.17, 15) is 4.79 Å². The minimum atomic E-state index is -0.0564. The van der Waals surface area contributed by atoms with Crippen LogP contribution in [0, 0.1) is 12.3 Å². The molecule has 1 aromatic rings. The fourth-order valence-electron chi connectivity index (χ4n) is 1.66. The zero-order valence-corrected chi connectivity index (χ0v) is 8.08. The van der Waals surface area contributed by atoms with Crippen LogP contribution in [0.4, 0.5) is 0 Å². The maximum atomic E-state index is 10.8. The van der Waals surface area contributed by atoms with Crippen LogP contribution in [0.3, 0.4) is 0 Å². The number of aldehydes is 1. The van der Waals surface area contributed by atoms with E-state index in [-0.39, 0.29) is 5.41 Å². The van der Waals surface area contributed by atoms with Crippen molar-refractivity contribution in [1.29, 1.82) is 0 Å². The van der Waals surface area contributed by atoms with Gasteiger partial charge in [0, 0.05) is 25.1 Å². The van der Waals surface area contributed by atoms with Crippen LogP contribution < -0.4 is 0 Å². The summed E-state index contributed by atoms with van der Waals surface area (Å²) in [6, 6.07) is 0. The summed E-state index contributed by atoms with van der Waals surface area (Å²) >= 11 is 0. The Morgan fingerprint density at radius 1 is 1.69 bits per heavy atom. The van der Waals surface area contributed by atoms with Gasteiger partial charge in [-0.15, -0.1) is 0 Å². The summed E-state index contributed by atoms with van der Waals surface area (Å²) in [5, 5.41) is 4.34. The van der Waals surface area contributed by atoms with Crippen molar-refractivity contribution in [3.8, 4) is 0 Å². The van der Waals surface area contributed by atoms with Crippen molar-refractivity contribution in [3.63, 3.8) is 0 Å². The van der Waals surface area contributed by atoms with Crippen molar-refractivity contribution >= 4 is 6.29 Å². The van der Waals surface area contributed by atoms with Gasteiger partial charge < -0.3 is 4.79 Å². The lowest BCUT2D eigenvalue weighted by Gasteiger charge is -2.03. The second-order valence-electron chi connectivity index (χ2n) is 4.09. The highest BCUT2D eigenvalue weighted by atomic mass is 16.1. The van der Waals surface area contributed by atoms with Crippen LogP contribution in [0.5, 0.6) is 0 Å². The van der Waals surface area contributed by atoms with Gasteiger partial charge in [0.2, 0.25) is 0 Å². The average molecular weight is 178 g/mol. The van der Waals surface area contributed by atoms with Crippen LogP contribution >= 0.6 is 0 Å². The van der Waals surface area contributed by atoms with Gasteiger partial charge in [0.05, 0.1) is 5.69 Å². The van der Waals surface area contributed by atoms with Crippen LogP contribution in [-0.2, 0) is 18.3 Å². The summed E-state index contributed by atoms with van der Waals surface area (Å²) < 4.78 is 1.81. The SMILES string of the molecule is Cc1cn(C)nc1CC1(C=O)CC1. The van der Waals surface area contributed by atoms with Crippen LogP contribution in [0.25, 0.3) is 0 Å². The van der Waals surface area contributed by atoms with Crippen molar-refractivity contribution < 1.29 is 4.79 Å². The quantitative estimate of drug-likeness (QED) is 0.653. The monoisotopic (exact) mass is 178 g/mol. The first-order valence-corrected chi connectivity index (χ1v) is 4.61. The molecule has 1 heterocycles. The van der Waals surface area contributed by atoms with Gasteiger partial charge in [0.1, 0.15) is 6.29 Å². The van der Waals surface area contributed by atoms with Gasteiger partial charge in [-0.05, 0) is 25.3 Å². The number of hydrogen-bond donors (Lipinski definition) is 0. The zero-order valence-electron chi connectivity index (χ0n) is 8.08. The highest BCUT2D eigenvalue weighted by molar-refractivity contribution is 5.64. The second kappa shape index (κ2) is 2.69. The van der Waals surface area contributed by atoms with Crippen molar-refractivity contribution in [3.05, 3.63) is 17.5 Å². The number of carbonyl (C=O) groups is 1. The number of aryl methyl sites for hydroxylation is 2. The summed E-state index contributed by atoms with van der Waals surface area (Å²) in [7, 11) is 1.91.